The highest BCUT2D eigenvalue weighted by Gasteiger charge is 2.38. The average molecular weight is 675 g/mol. The number of carboxylic acids is 2. The molecule has 3 aromatic rings. The van der Waals surface area contributed by atoms with E-state index in [-0.39, 0.29) is 37.5 Å². The maximum absolute atomic E-state index is 13.2. The fourth-order valence-corrected chi connectivity index (χ4v) is 5.15. The number of likely N-dealkylation sites (tertiary alicyclic amines) is 1. The fourth-order valence-electron chi connectivity index (χ4n) is 5.15. The summed E-state index contributed by atoms with van der Waals surface area (Å²) in [5.41, 5.74) is 1.84. The number of anilines is 1. The Morgan fingerprint density at radius 1 is 1.02 bits per heavy atom. The first kappa shape index (κ1) is 37.2. The van der Waals surface area contributed by atoms with Gasteiger partial charge in [0.25, 0.3) is 0 Å². The quantitative estimate of drug-likeness (QED) is 0.181. The summed E-state index contributed by atoms with van der Waals surface area (Å²) >= 11 is 0. The van der Waals surface area contributed by atoms with E-state index in [1.165, 1.54) is 6.92 Å². The number of aromatic nitrogens is 1. The van der Waals surface area contributed by atoms with Crippen LogP contribution >= 0.6 is 0 Å². The summed E-state index contributed by atoms with van der Waals surface area (Å²) in [6.45, 7) is 2.67. The van der Waals surface area contributed by atoms with Gasteiger partial charge in [0.05, 0.1) is 13.1 Å². The lowest BCUT2D eigenvalue weighted by Gasteiger charge is -2.31. The summed E-state index contributed by atoms with van der Waals surface area (Å²) in [5.74, 6) is -4.87. The Balaban J connectivity index is 0.000000804. The van der Waals surface area contributed by atoms with Gasteiger partial charge in [-0.1, -0.05) is 42.5 Å². The number of pyridine rings is 1. The second-order valence-electron chi connectivity index (χ2n) is 11.0. The summed E-state index contributed by atoms with van der Waals surface area (Å²) in [4.78, 5) is 65.9. The van der Waals surface area contributed by atoms with E-state index in [1.807, 2.05) is 52.3 Å². The number of nitrogens with zero attached hydrogens (tertiary/aromatic N) is 3. The Morgan fingerprint density at radius 3 is 2.33 bits per heavy atom. The van der Waals surface area contributed by atoms with E-state index in [0.717, 1.165) is 34.9 Å². The van der Waals surface area contributed by atoms with Crippen LogP contribution in [0.15, 0.2) is 67.0 Å². The number of halogens is 3. The standard InChI is InChI=1S/C30H36N6O5.C2HF3O2/c1-21(37)32-16-27(30(40)41)34-28(38)20-35(18-23-8-4-7-22-6-2-3-10-26(22)23)19-25-9-5-15-36(25)29(39)17-33-24-11-13-31-14-12-24;3-2(4,5)1(6)7/h2-4,6-8,10-14,25,27H,5,9,15-20H2,1H3,(H,31,33)(H,32,37)(H,34,38)(H,40,41);(H,6,7)/t25-,27-;/m0./s1. The Labute approximate surface area is 274 Å². The van der Waals surface area contributed by atoms with E-state index in [1.54, 1.807) is 24.5 Å². The van der Waals surface area contributed by atoms with Crippen LogP contribution in [0.1, 0.15) is 25.3 Å². The molecular formula is C32H37F3N6O7. The molecule has 3 amide bonds. The molecule has 0 saturated carbocycles. The first-order chi connectivity index (χ1) is 22.7. The molecule has 16 heteroatoms. The Kier molecular flexibility index (Phi) is 13.6. The second-order valence-corrected chi connectivity index (χ2v) is 11.0. The van der Waals surface area contributed by atoms with E-state index < -0.39 is 30.1 Å². The van der Waals surface area contributed by atoms with Gasteiger partial charge in [-0.15, -0.1) is 0 Å². The van der Waals surface area contributed by atoms with Crippen LogP contribution in [0.3, 0.4) is 0 Å². The van der Waals surface area contributed by atoms with E-state index in [4.69, 9.17) is 9.90 Å². The molecule has 1 aromatic heterocycles. The van der Waals surface area contributed by atoms with E-state index in [2.05, 4.69) is 20.9 Å². The second kappa shape index (κ2) is 17.6. The van der Waals surface area contributed by atoms with Crippen molar-refractivity contribution in [3.8, 4) is 0 Å². The number of amides is 3. The first-order valence-electron chi connectivity index (χ1n) is 14.9. The molecule has 1 aliphatic rings. The smallest absolute Gasteiger partial charge is 0.480 e. The number of nitrogens with one attached hydrogen (secondary N) is 3. The molecule has 4 rings (SSSR count). The molecule has 2 aromatic carbocycles. The maximum atomic E-state index is 13.2. The van der Waals surface area contributed by atoms with Crippen LogP contribution in [0, 0.1) is 0 Å². The van der Waals surface area contributed by atoms with Crippen molar-refractivity contribution >= 4 is 46.1 Å². The molecule has 13 nitrogen and oxygen atoms in total. The number of carbonyl (C=O) groups excluding carboxylic acids is 3. The predicted octanol–water partition coefficient (Wildman–Crippen LogP) is 2.48. The van der Waals surface area contributed by atoms with Crippen LogP contribution in [0.4, 0.5) is 18.9 Å². The predicted molar refractivity (Wildman–Crippen MR) is 169 cm³/mol. The molecule has 0 radical (unpaired) electrons. The Bertz CT molecular complexity index is 1570. The van der Waals surface area contributed by atoms with Gasteiger partial charge >= 0.3 is 18.1 Å². The van der Waals surface area contributed by atoms with Crippen LogP contribution in [-0.2, 0) is 30.5 Å². The number of hydrogen-bond donors (Lipinski definition) is 5. The van der Waals surface area contributed by atoms with E-state index in [0.29, 0.717) is 19.6 Å². The van der Waals surface area contributed by atoms with E-state index in [9.17, 15) is 37.5 Å². The van der Waals surface area contributed by atoms with Crippen LogP contribution in [0.25, 0.3) is 10.8 Å². The molecule has 2 atom stereocenters. The lowest BCUT2D eigenvalue weighted by atomic mass is 10.0. The molecule has 1 fully saturated rings. The molecule has 258 valence electrons. The lowest BCUT2D eigenvalue weighted by molar-refractivity contribution is -0.192. The third kappa shape index (κ3) is 11.8. The third-order valence-electron chi connectivity index (χ3n) is 7.36. The fraction of sp³-hybridized carbons (Fsp3) is 0.375. The average Bonchev–Trinajstić information content (AvgIpc) is 3.50. The molecular weight excluding hydrogens is 637 g/mol. The zero-order valence-electron chi connectivity index (χ0n) is 26.1. The number of carbonyl (C=O) groups is 5. The SMILES string of the molecule is CC(=O)NC[C@H](NC(=O)CN(Cc1cccc2ccccc12)C[C@@H]1CCCN1C(=O)CNc1ccncc1)C(=O)O.O=C(O)C(F)(F)F. The van der Waals surface area contributed by atoms with Crippen molar-refractivity contribution in [2.75, 3.05) is 38.0 Å². The molecule has 0 spiro atoms. The van der Waals surface area contributed by atoms with Crippen molar-refractivity contribution in [3.05, 3.63) is 72.6 Å². The minimum atomic E-state index is -5.08. The van der Waals surface area contributed by atoms with Gasteiger partial charge in [0.15, 0.2) is 0 Å². The molecule has 2 heterocycles. The van der Waals surface area contributed by atoms with E-state index >= 15 is 0 Å². The zero-order chi connectivity index (χ0) is 35.3. The summed E-state index contributed by atoms with van der Waals surface area (Å²) in [6, 6.07) is 16.3. The molecule has 48 heavy (non-hydrogen) atoms. The van der Waals surface area contributed by atoms with Gasteiger partial charge in [-0.05, 0) is 41.3 Å². The number of aliphatic carboxylic acids is 2. The Hall–Kier alpha value is -5.25. The molecule has 0 aliphatic carbocycles. The topological polar surface area (TPSA) is 181 Å². The van der Waals surface area contributed by atoms with Gasteiger partial charge in [0.1, 0.15) is 6.04 Å². The Morgan fingerprint density at radius 2 is 1.69 bits per heavy atom. The number of benzene rings is 2. The number of rotatable bonds is 13. The molecule has 0 bridgehead atoms. The zero-order valence-corrected chi connectivity index (χ0v) is 26.1. The van der Waals surface area contributed by atoms with Crippen LogP contribution in [0.5, 0.6) is 0 Å². The molecule has 0 unspecified atom stereocenters. The minimum Gasteiger partial charge on any atom is -0.480 e. The summed E-state index contributed by atoms with van der Waals surface area (Å²) in [6.07, 6.45) is -0.105. The third-order valence-corrected chi connectivity index (χ3v) is 7.36. The highest BCUT2D eigenvalue weighted by atomic mass is 19.4. The van der Waals surface area contributed by atoms with Crippen LogP contribution in [0.2, 0.25) is 0 Å². The van der Waals surface area contributed by atoms with Gasteiger partial charge in [0.2, 0.25) is 17.7 Å². The van der Waals surface area contributed by atoms with Crippen molar-refractivity contribution in [2.24, 2.45) is 0 Å². The van der Waals surface area contributed by atoms with Gasteiger partial charge in [-0.25, -0.2) is 9.59 Å². The van der Waals surface area contributed by atoms with Gasteiger partial charge in [0, 0.05) is 57.2 Å². The van der Waals surface area contributed by atoms with Crippen LogP contribution < -0.4 is 16.0 Å². The van der Waals surface area contributed by atoms with Crippen molar-refractivity contribution in [3.63, 3.8) is 0 Å². The lowest BCUT2D eigenvalue weighted by Crippen LogP contribution is -2.52. The summed E-state index contributed by atoms with van der Waals surface area (Å²) in [5, 5.41) is 26.9. The van der Waals surface area contributed by atoms with Crippen LogP contribution in [-0.4, -0.2) is 106 Å². The van der Waals surface area contributed by atoms with Crippen molar-refractivity contribution in [2.45, 2.75) is 44.6 Å². The monoisotopic (exact) mass is 674 g/mol. The largest absolute Gasteiger partial charge is 0.490 e. The molecule has 1 aliphatic heterocycles. The van der Waals surface area contributed by atoms with Crippen molar-refractivity contribution < 1.29 is 47.4 Å². The number of carboxylic acid groups (broad SMARTS) is 2. The highest BCUT2D eigenvalue weighted by molar-refractivity contribution is 5.87. The summed E-state index contributed by atoms with van der Waals surface area (Å²) in [7, 11) is 0. The normalized spacial score (nSPS) is 14.9. The highest BCUT2D eigenvalue weighted by Crippen LogP contribution is 2.23. The minimum absolute atomic E-state index is 0.0277. The van der Waals surface area contributed by atoms with Gasteiger partial charge in [-0.2, -0.15) is 13.2 Å². The van der Waals surface area contributed by atoms with Crippen molar-refractivity contribution in [1.82, 2.24) is 25.4 Å². The molecule has 5 N–H and O–H groups in total. The molecule has 1 saturated heterocycles. The van der Waals surface area contributed by atoms with Gasteiger partial charge in [-0.3, -0.25) is 24.3 Å². The number of fused-ring (bicyclic) bond motifs is 1. The summed E-state index contributed by atoms with van der Waals surface area (Å²) < 4.78 is 31.7. The first-order valence-corrected chi connectivity index (χ1v) is 14.9. The van der Waals surface area contributed by atoms with Gasteiger partial charge < -0.3 is 31.1 Å². The number of alkyl halides is 3. The maximum Gasteiger partial charge on any atom is 0.490 e. The number of hydrogen-bond acceptors (Lipinski definition) is 8. The van der Waals surface area contributed by atoms with Crippen molar-refractivity contribution in [1.29, 1.82) is 0 Å².